The molecule has 1 nitrogen and oxygen atoms in total. The van der Waals surface area contributed by atoms with Gasteiger partial charge in [-0.15, -0.1) is 0 Å². The average Bonchev–Trinajstić information content (AvgIpc) is 2.04. The molecule has 0 N–H and O–H groups in total. The second-order valence-corrected chi connectivity index (χ2v) is 3.38. The fourth-order valence-corrected chi connectivity index (χ4v) is 1.64. The third kappa shape index (κ3) is 2.48. The first-order chi connectivity index (χ1) is 6.17. The summed E-state index contributed by atoms with van der Waals surface area (Å²) in [5.41, 5.74) is 3.77. The molecule has 0 saturated heterocycles. The van der Waals surface area contributed by atoms with Crippen molar-refractivity contribution in [3.63, 3.8) is 0 Å². The quantitative estimate of drug-likeness (QED) is 0.684. The van der Waals surface area contributed by atoms with Crippen LogP contribution in [0.2, 0.25) is 0 Å². The second-order valence-electron chi connectivity index (χ2n) is 3.38. The van der Waals surface area contributed by atoms with Gasteiger partial charge in [0.15, 0.2) is 0 Å². The zero-order chi connectivity index (χ0) is 9.84. The molecule has 1 aromatic rings. The van der Waals surface area contributed by atoms with Gasteiger partial charge in [-0.25, -0.2) is 0 Å². The van der Waals surface area contributed by atoms with Crippen LogP contribution >= 0.6 is 0 Å². The van der Waals surface area contributed by atoms with Crippen LogP contribution in [-0.2, 0) is 0 Å². The third-order valence-electron chi connectivity index (χ3n) is 2.25. The molecule has 71 valence electrons. The molecule has 0 aliphatic rings. The maximum Gasteiger partial charge on any atom is 0.0371 e. The van der Waals surface area contributed by atoms with Crippen molar-refractivity contribution in [3.05, 3.63) is 29.3 Å². The van der Waals surface area contributed by atoms with E-state index in [-0.39, 0.29) is 0 Å². The maximum absolute atomic E-state index is 3.29. The standard InChI is InChI=1S/C12H18N/c1-5-13(6-2)12-8-10(3)7-11(4)9-12/h8-9H,5-6H2,1-4H3. The van der Waals surface area contributed by atoms with E-state index in [1.165, 1.54) is 16.8 Å². The van der Waals surface area contributed by atoms with Gasteiger partial charge in [-0.2, -0.15) is 0 Å². The van der Waals surface area contributed by atoms with Gasteiger partial charge in [0, 0.05) is 18.8 Å². The molecule has 0 spiro atoms. The highest BCUT2D eigenvalue weighted by molar-refractivity contribution is 5.50. The van der Waals surface area contributed by atoms with Crippen molar-refractivity contribution in [1.29, 1.82) is 0 Å². The highest BCUT2D eigenvalue weighted by Gasteiger charge is 2.02. The van der Waals surface area contributed by atoms with Crippen LogP contribution in [0.4, 0.5) is 5.69 Å². The van der Waals surface area contributed by atoms with Crippen LogP contribution in [0, 0.1) is 19.9 Å². The number of anilines is 1. The Labute approximate surface area is 81.4 Å². The number of benzene rings is 1. The summed E-state index contributed by atoms with van der Waals surface area (Å²) >= 11 is 0. The van der Waals surface area contributed by atoms with Crippen LogP contribution in [0.3, 0.4) is 0 Å². The molecule has 1 aromatic carbocycles. The van der Waals surface area contributed by atoms with Crippen molar-refractivity contribution in [2.24, 2.45) is 0 Å². The molecule has 1 rings (SSSR count). The normalized spacial score (nSPS) is 10.2. The van der Waals surface area contributed by atoms with Crippen LogP contribution in [0.1, 0.15) is 25.0 Å². The summed E-state index contributed by atoms with van der Waals surface area (Å²) in [6.07, 6.45) is 0. The first-order valence-electron chi connectivity index (χ1n) is 4.92. The maximum atomic E-state index is 3.29. The van der Waals surface area contributed by atoms with Gasteiger partial charge in [0.25, 0.3) is 0 Å². The summed E-state index contributed by atoms with van der Waals surface area (Å²) in [5.74, 6) is 0. The Morgan fingerprint density at radius 1 is 1.08 bits per heavy atom. The predicted octanol–water partition coefficient (Wildman–Crippen LogP) is 2.95. The largest absolute Gasteiger partial charge is 0.372 e. The fourth-order valence-electron chi connectivity index (χ4n) is 1.64. The Morgan fingerprint density at radius 2 is 1.54 bits per heavy atom. The van der Waals surface area contributed by atoms with Crippen molar-refractivity contribution < 1.29 is 0 Å². The zero-order valence-corrected chi connectivity index (χ0v) is 9.02. The third-order valence-corrected chi connectivity index (χ3v) is 2.25. The molecular weight excluding hydrogens is 158 g/mol. The summed E-state index contributed by atoms with van der Waals surface area (Å²) < 4.78 is 0. The van der Waals surface area contributed by atoms with Crippen LogP contribution < -0.4 is 4.90 Å². The van der Waals surface area contributed by atoms with Gasteiger partial charge in [0.05, 0.1) is 0 Å². The Kier molecular flexibility index (Phi) is 3.35. The molecule has 0 fully saturated rings. The average molecular weight is 176 g/mol. The molecule has 13 heavy (non-hydrogen) atoms. The van der Waals surface area contributed by atoms with Crippen molar-refractivity contribution in [1.82, 2.24) is 0 Å². The molecule has 1 radical (unpaired) electrons. The number of hydrogen-bond donors (Lipinski definition) is 0. The number of aryl methyl sites for hydroxylation is 2. The van der Waals surface area contributed by atoms with Crippen LogP contribution in [-0.4, -0.2) is 13.1 Å². The zero-order valence-electron chi connectivity index (χ0n) is 9.02. The molecule has 0 aliphatic heterocycles. The monoisotopic (exact) mass is 176 g/mol. The molecule has 0 bridgehead atoms. The Morgan fingerprint density at radius 3 is 1.92 bits per heavy atom. The summed E-state index contributed by atoms with van der Waals surface area (Å²) in [6.45, 7) is 10.7. The molecular formula is C12H18N. The van der Waals surface area contributed by atoms with E-state index >= 15 is 0 Å². The minimum atomic E-state index is 1.07. The van der Waals surface area contributed by atoms with Gasteiger partial charge in [0.1, 0.15) is 0 Å². The summed E-state index contributed by atoms with van der Waals surface area (Å²) in [4.78, 5) is 2.36. The van der Waals surface area contributed by atoms with E-state index in [0.29, 0.717) is 0 Å². The van der Waals surface area contributed by atoms with Gasteiger partial charge in [-0.05, 0) is 57.0 Å². The Hall–Kier alpha value is -0.980. The van der Waals surface area contributed by atoms with E-state index in [1.807, 2.05) is 0 Å². The molecule has 1 heteroatoms. The van der Waals surface area contributed by atoms with E-state index in [2.05, 4.69) is 50.8 Å². The molecule has 0 saturated carbocycles. The Balaban J connectivity index is 2.99. The first-order valence-corrected chi connectivity index (χ1v) is 4.92. The lowest BCUT2D eigenvalue weighted by Crippen LogP contribution is -2.21. The molecule has 0 aliphatic carbocycles. The number of hydrogen-bond acceptors (Lipinski definition) is 1. The van der Waals surface area contributed by atoms with Crippen molar-refractivity contribution in [2.45, 2.75) is 27.7 Å². The van der Waals surface area contributed by atoms with Crippen molar-refractivity contribution in [2.75, 3.05) is 18.0 Å². The van der Waals surface area contributed by atoms with Gasteiger partial charge < -0.3 is 4.90 Å². The lowest BCUT2D eigenvalue weighted by molar-refractivity contribution is 0.864. The fraction of sp³-hybridized carbons (Fsp3) is 0.500. The predicted molar refractivity (Wildman–Crippen MR) is 58.3 cm³/mol. The SMILES string of the molecule is CCN(CC)c1cc(C)[c]c(C)c1. The van der Waals surface area contributed by atoms with Gasteiger partial charge in [-0.1, -0.05) is 0 Å². The highest BCUT2D eigenvalue weighted by atomic mass is 15.1. The lowest BCUT2D eigenvalue weighted by atomic mass is 10.1. The van der Waals surface area contributed by atoms with Gasteiger partial charge in [-0.3, -0.25) is 0 Å². The summed E-state index contributed by atoms with van der Waals surface area (Å²) in [6, 6.07) is 7.68. The minimum absolute atomic E-state index is 1.07. The van der Waals surface area contributed by atoms with E-state index in [1.54, 1.807) is 0 Å². The van der Waals surface area contributed by atoms with E-state index in [0.717, 1.165) is 13.1 Å². The van der Waals surface area contributed by atoms with Crippen LogP contribution in [0.15, 0.2) is 12.1 Å². The summed E-state index contributed by atoms with van der Waals surface area (Å²) in [7, 11) is 0. The van der Waals surface area contributed by atoms with E-state index in [4.69, 9.17) is 0 Å². The van der Waals surface area contributed by atoms with Gasteiger partial charge in [0.2, 0.25) is 0 Å². The molecule has 0 atom stereocenters. The van der Waals surface area contributed by atoms with Crippen molar-refractivity contribution >= 4 is 5.69 Å². The number of nitrogens with zero attached hydrogens (tertiary/aromatic N) is 1. The van der Waals surface area contributed by atoms with Crippen LogP contribution in [0.25, 0.3) is 0 Å². The molecule has 0 unspecified atom stereocenters. The highest BCUT2D eigenvalue weighted by Crippen LogP contribution is 2.17. The van der Waals surface area contributed by atoms with Crippen LogP contribution in [0.5, 0.6) is 0 Å². The van der Waals surface area contributed by atoms with E-state index < -0.39 is 0 Å². The molecule has 0 amide bonds. The topological polar surface area (TPSA) is 3.24 Å². The lowest BCUT2D eigenvalue weighted by Gasteiger charge is -2.21. The molecule has 0 heterocycles. The van der Waals surface area contributed by atoms with Crippen molar-refractivity contribution in [3.8, 4) is 0 Å². The van der Waals surface area contributed by atoms with E-state index in [9.17, 15) is 0 Å². The second kappa shape index (κ2) is 4.31. The Bertz CT molecular complexity index is 254. The first kappa shape index (κ1) is 10.1. The van der Waals surface area contributed by atoms with Gasteiger partial charge >= 0.3 is 0 Å². The minimum Gasteiger partial charge on any atom is -0.372 e. The molecule has 0 aromatic heterocycles. The number of rotatable bonds is 3. The summed E-state index contributed by atoms with van der Waals surface area (Å²) in [5, 5.41) is 0. The smallest absolute Gasteiger partial charge is 0.0371 e.